The molecule has 2 fully saturated rings. The maximum absolute atomic E-state index is 6.40. The Kier molecular flexibility index (Phi) is 5.45. The highest BCUT2D eigenvalue weighted by molar-refractivity contribution is 5.32. The van der Waals surface area contributed by atoms with Gasteiger partial charge >= 0.3 is 0 Å². The average molecular weight is 391 g/mol. The molecule has 3 heteroatoms. The third-order valence-corrected chi connectivity index (χ3v) is 7.74. The minimum absolute atomic E-state index is 0.104. The molecule has 2 aliphatic carbocycles. The van der Waals surface area contributed by atoms with Gasteiger partial charge < -0.3 is 10.1 Å². The van der Waals surface area contributed by atoms with Crippen LogP contribution in [-0.2, 0) is 16.6 Å². The van der Waals surface area contributed by atoms with E-state index in [1.54, 1.807) is 0 Å². The second-order valence-corrected chi connectivity index (χ2v) is 9.51. The van der Waals surface area contributed by atoms with Crippen LogP contribution < -0.4 is 5.32 Å². The number of rotatable bonds is 5. The first-order valence-electron chi connectivity index (χ1n) is 11.7. The summed E-state index contributed by atoms with van der Waals surface area (Å²) in [6.45, 7) is 1.93. The molecule has 1 aliphatic heterocycles. The van der Waals surface area contributed by atoms with Gasteiger partial charge in [-0.2, -0.15) is 0 Å². The maximum Gasteiger partial charge on any atom is 0.0691 e. The monoisotopic (exact) mass is 390 g/mol. The van der Waals surface area contributed by atoms with Crippen LogP contribution >= 0.6 is 0 Å². The van der Waals surface area contributed by atoms with Gasteiger partial charge in [-0.05, 0) is 81.2 Å². The average Bonchev–Trinajstić information content (AvgIpc) is 3.22. The van der Waals surface area contributed by atoms with Gasteiger partial charge in [0.2, 0.25) is 0 Å². The SMILES string of the molecule is c1ccc([C@]2(CCN[C@H]3CCCc4ccccc43)CCOC3(CCCC3)C2)nc1. The van der Waals surface area contributed by atoms with Crippen LogP contribution in [-0.4, -0.2) is 23.7 Å². The number of nitrogens with one attached hydrogen (secondary N) is 1. The van der Waals surface area contributed by atoms with E-state index in [4.69, 9.17) is 9.72 Å². The number of hydrogen-bond donors (Lipinski definition) is 1. The minimum Gasteiger partial charge on any atom is -0.375 e. The van der Waals surface area contributed by atoms with E-state index in [-0.39, 0.29) is 11.0 Å². The first-order chi connectivity index (χ1) is 14.3. The molecule has 3 aliphatic rings. The summed E-state index contributed by atoms with van der Waals surface area (Å²) in [6.07, 6.45) is 14.2. The van der Waals surface area contributed by atoms with Crippen molar-refractivity contribution < 1.29 is 4.74 Å². The van der Waals surface area contributed by atoms with Crippen LogP contribution in [0.3, 0.4) is 0 Å². The predicted octanol–water partition coefficient (Wildman–Crippen LogP) is 5.50. The summed E-state index contributed by atoms with van der Waals surface area (Å²) in [5.74, 6) is 0. The lowest BCUT2D eigenvalue weighted by molar-refractivity contribution is -0.104. The van der Waals surface area contributed by atoms with Gasteiger partial charge in [0.05, 0.1) is 5.60 Å². The van der Waals surface area contributed by atoms with E-state index in [1.807, 2.05) is 12.3 Å². The molecule has 0 bridgehead atoms. The number of benzene rings is 1. The summed E-state index contributed by atoms with van der Waals surface area (Å²) in [5, 5.41) is 3.93. The minimum atomic E-state index is 0.104. The molecule has 2 aromatic rings. The zero-order valence-corrected chi connectivity index (χ0v) is 17.5. The summed E-state index contributed by atoms with van der Waals surface area (Å²) < 4.78 is 6.40. The molecule has 2 atom stereocenters. The number of fused-ring (bicyclic) bond motifs is 1. The first kappa shape index (κ1) is 19.3. The van der Waals surface area contributed by atoms with E-state index in [0.717, 1.165) is 32.4 Å². The lowest BCUT2D eigenvalue weighted by Crippen LogP contribution is -2.47. The third kappa shape index (κ3) is 3.87. The first-order valence-corrected chi connectivity index (χ1v) is 11.7. The van der Waals surface area contributed by atoms with Gasteiger partial charge in [-0.1, -0.05) is 43.2 Å². The topological polar surface area (TPSA) is 34.1 Å². The zero-order chi connectivity index (χ0) is 19.6. The van der Waals surface area contributed by atoms with Crippen molar-refractivity contribution in [3.05, 3.63) is 65.5 Å². The molecule has 0 amide bonds. The quantitative estimate of drug-likeness (QED) is 0.732. The van der Waals surface area contributed by atoms with Gasteiger partial charge in [-0.15, -0.1) is 0 Å². The van der Waals surface area contributed by atoms with E-state index in [0.29, 0.717) is 6.04 Å². The van der Waals surface area contributed by atoms with Gasteiger partial charge in [0.1, 0.15) is 0 Å². The molecule has 154 valence electrons. The van der Waals surface area contributed by atoms with Gasteiger partial charge in [0.25, 0.3) is 0 Å². The van der Waals surface area contributed by atoms with Crippen LogP contribution in [0.1, 0.15) is 80.7 Å². The van der Waals surface area contributed by atoms with Crippen LogP contribution in [0.15, 0.2) is 48.7 Å². The van der Waals surface area contributed by atoms with Gasteiger partial charge in [0.15, 0.2) is 0 Å². The number of aromatic nitrogens is 1. The smallest absolute Gasteiger partial charge is 0.0691 e. The molecule has 1 saturated heterocycles. The van der Waals surface area contributed by atoms with E-state index >= 15 is 0 Å². The molecule has 1 saturated carbocycles. The van der Waals surface area contributed by atoms with Crippen LogP contribution in [0.25, 0.3) is 0 Å². The standard InChI is InChI=1S/C26H34N2O/c1-2-10-22-21(8-1)9-7-11-23(22)27-18-15-25(24-12-3-6-17-28-24)16-19-29-26(20-25)13-4-5-14-26/h1-3,6,8,10,12,17,23,27H,4-5,7,9,11,13-16,18-20H2/t23-,25+/m0/s1. The highest BCUT2D eigenvalue weighted by Gasteiger charge is 2.48. The Balaban J connectivity index is 1.34. The van der Waals surface area contributed by atoms with E-state index < -0.39 is 0 Å². The Labute approximate surface area is 175 Å². The lowest BCUT2D eigenvalue weighted by Gasteiger charge is -2.46. The Morgan fingerprint density at radius 3 is 2.72 bits per heavy atom. The summed E-state index contributed by atoms with van der Waals surface area (Å²) >= 11 is 0. The molecular formula is C26H34N2O. The highest BCUT2D eigenvalue weighted by atomic mass is 16.5. The molecule has 0 radical (unpaired) electrons. The Bertz CT molecular complexity index is 814. The number of ether oxygens (including phenoxy) is 1. The molecule has 1 aromatic heterocycles. The molecule has 2 heterocycles. The summed E-state index contributed by atoms with van der Waals surface area (Å²) in [4.78, 5) is 4.85. The van der Waals surface area contributed by atoms with Crippen LogP contribution in [0.2, 0.25) is 0 Å². The molecule has 3 nitrogen and oxygen atoms in total. The van der Waals surface area contributed by atoms with Crippen molar-refractivity contribution in [2.45, 2.75) is 81.3 Å². The van der Waals surface area contributed by atoms with Crippen molar-refractivity contribution in [3.8, 4) is 0 Å². The van der Waals surface area contributed by atoms with E-state index in [2.05, 4.69) is 41.7 Å². The fourth-order valence-electron chi connectivity index (χ4n) is 6.25. The molecule has 0 unspecified atom stereocenters. The molecule has 5 rings (SSSR count). The molecule has 1 N–H and O–H groups in total. The number of nitrogens with zero attached hydrogens (tertiary/aromatic N) is 1. The van der Waals surface area contributed by atoms with Gasteiger partial charge in [0, 0.05) is 30.0 Å². The fraction of sp³-hybridized carbons (Fsp3) is 0.577. The summed E-state index contributed by atoms with van der Waals surface area (Å²) in [7, 11) is 0. The largest absolute Gasteiger partial charge is 0.375 e. The van der Waals surface area contributed by atoms with Crippen molar-refractivity contribution in [1.82, 2.24) is 10.3 Å². The molecular weight excluding hydrogens is 356 g/mol. The van der Waals surface area contributed by atoms with E-state index in [9.17, 15) is 0 Å². The highest BCUT2D eigenvalue weighted by Crippen LogP contribution is 2.49. The van der Waals surface area contributed by atoms with Crippen LogP contribution in [0.5, 0.6) is 0 Å². The zero-order valence-electron chi connectivity index (χ0n) is 17.5. The van der Waals surface area contributed by atoms with Gasteiger partial charge in [-0.3, -0.25) is 4.98 Å². The molecule has 1 spiro atoms. The normalized spacial score (nSPS) is 28.3. The van der Waals surface area contributed by atoms with Crippen molar-refractivity contribution in [2.75, 3.05) is 13.2 Å². The van der Waals surface area contributed by atoms with Crippen molar-refractivity contribution in [2.24, 2.45) is 0 Å². The lowest BCUT2D eigenvalue weighted by atomic mass is 9.68. The maximum atomic E-state index is 6.40. The second kappa shape index (κ2) is 8.20. The predicted molar refractivity (Wildman–Crippen MR) is 117 cm³/mol. The third-order valence-electron chi connectivity index (χ3n) is 7.74. The Hall–Kier alpha value is -1.71. The fourth-order valence-corrected chi connectivity index (χ4v) is 6.25. The van der Waals surface area contributed by atoms with Crippen molar-refractivity contribution >= 4 is 0 Å². The van der Waals surface area contributed by atoms with E-state index in [1.165, 1.54) is 61.8 Å². The van der Waals surface area contributed by atoms with Crippen molar-refractivity contribution in [3.63, 3.8) is 0 Å². The van der Waals surface area contributed by atoms with Crippen molar-refractivity contribution in [1.29, 1.82) is 0 Å². The van der Waals surface area contributed by atoms with Gasteiger partial charge in [-0.25, -0.2) is 0 Å². The Morgan fingerprint density at radius 1 is 1.00 bits per heavy atom. The second-order valence-electron chi connectivity index (χ2n) is 9.51. The van der Waals surface area contributed by atoms with Crippen LogP contribution in [0.4, 0.5) is 0 Å². The summed E-state index contributed by atoms with van der Waals surface area (Å²) in [6, 6.07) is 16.0. The Morgan fingerprint density at radius 2 is 1.86 bits per heavy atom. The van der Waals surface area contributed by atoms with Crippen LogP contribution in [0, 0.1) is 0 Å². The summed E-state index contributed by atoms with van der Waals surface area (Å²) in [5.41, 5.74) is 4.58. The number of hydrogen-bond acceptors (Lipinski definition) is 3. The number of pyridine rings is 1. The molecule has 1 aromatic carbocycles. The number of aryl methyl sites for hydroxylation is 1. The molecule has 29 heavy (non-hydrogen) atoms.